The van der Waals surface area contributed by atoms with Crippen molar-refractivity contribution >= 4 is 22.7 Å². The van der Waals surface area contributed by atoms with Crippen LogP contribution in [-0.4, -0.2) is 25.1 Å². The van der Waals surface area contributed by atoms with Crippen molar-refractivity contribution < 1.29 is 4.74 Å². The van der Waals surface area contributed by atoms with Crippen LogP contribution in [0.15, 0.2) is 73.1 Å². The predicted octanol–water partition coefficient (Wildman–Crippen LogP) is 5.19. The van der Waals surface area contributed by atoms with Gasteiger partial charge in [0.05, 0.1) is 5.39 Å². The van der Waals surface area contributed by atoms with E-state index in [9.17, 15) is 0 Å². The second-order valence-corrected chi connectivity index (χ2v) is 6.68. The number of aromatic nitrogens is 5. The van der Waals surface area contributed by atoms with Crippen LogP contribution in [0.3, 0.4) is 0 Å². The molecule has 7 heteroatoms. The van der Waals surface area contributed by atoms with Gasteiger partial charge in [-0.1, -0.05) is 12.1 Å². The average Bonchev–Trinajstić information content (AvgIpc) is 3.39. The third-order valence-corrected chi connectivity index (χ3v) is 4.54. The van der Waals surface area contributed by atoms with Gasteiger partial charge in [0, 0.05) is 23.6 Å². The van der Waals surface area contributed by atoms with E-state index in [0.717, 1.165) is 33.8 Å². The molecular weight excluding hydrogens is 364 g/mol. The van der Waals surface area contributed by atoms with Crippen LogP contribution in [-0.2, 0) is 0 Å². The van der Waals surface area contributed by atoms with Gasteiger partial charge in [0.2, 0.25) is 5.95 Å². The van der Waals surface area contributed by atoms with Crippen LogP contribution in [0.25, 0.3) is 22.4 Å². The van der Waals surface area contributed by atoms with Crippen molar-refractivity contribution in [3.63, 3.8) is 0 Å². The first-order valence-electron chi connectivity index (χ1n) is 9.21. The predicted molar refractivity (Wildman–Crippen MR) is 112 cm³/mol. The van der Waals surface area contributed by atoms with Crippen molar-refractivity contribution in [2.75, 3.05) is 5.32 Å². The summed E-state index contributed by atoms with van der Waals surface area (Å²) in [4.78, 5) is 11.9. The molecule has 3 N–H and O–H groups in total. The standard InChI is InChI=1S/C22H18N6O/c1-14-3-2-4-16(13-14)25-22-26-20(27-28-22)15-5-7-17(8-6-15)29-19-10-12-24-21-18(19)9-11-23-21/h2-13H,1H3,(H,23,24)(H2,25,26,27,28). The van der Waals surface area contributed by atoms with Gasteiger partial charge >= 0.3 is 0 Å². The van der Waals surface area contributed by atoms with Crippen molar-refractivity contribution in [2.45, 2.75) is 6.92 Å². The van der Waals surface area contributed by atoms with Crippen LogP contribution in [0.1, 0.15) is 5.56 Å². The number of H-pyrrole nitrogens is 2. The summed E-state index contributed by atoms with van der Waals surface area (Å²) >= 11 is 0. The van der Waals surface area contributed by atoms with Gasteiger partial charge in [-0.3, -0.25) is 5.10 Å². The number of pyridine rings is 1. The lowest BCUT2D eigenvalue weighted by molar-refractivity contribution is 0.488. The molecule has 0 amide bonds. The Morgan fingerprint density at radius 2 is 1.90 bits per heavy atom. The van der Waals surface area contributed by atoms with Crippen LogP contribution < -0.4 is 10.1 Å². The molecule has 2 aromatic carbocycles. The van der Waals surface area contributed by atoms with E-state index in [0.29, 0.717) is 11.8 Å². The fourth-order valence-electron chi connectivity index (χ4n) is 3.13. The van der Waals surface area contributed by atoms with E-state index in [-0.39, 0.29) is 0 Å². The van der Waals surface area contributed by atoms with Gasteiger partial charge in [-0.2, -0.15) is 4.98 Å². The van der Waals surface area contributed by atoms with Crippen molar-refractivity contribution in [3.05, 3.63) is 78.6 Å². The van der Waals surface area contributed by atoms with Gasteiger partial charge in [0.25, 0.3) is 0 Å². The Morgan fingerprint density at radius 1 is 1.00 bits per heavy atom. The summed E-state index contributed by atoms with van der Waals surface area (Å²) in [6.07, 6.45) is 3.57. The largest absolute Gasteiger partial charge is 0.457 e. The molecule has 0 spiro atoms. The Hall–Kier alpha value is -4.13. The first kappa shape index (κ1) is 17.0. The van der Waals surface area contributed by atoms with Crippen LogP contribution in [0.2, 0.25) is 0 Å². The maximum Gasteiger partial charge on any atom is 0.246 e. The molecule has 0 atom stereocenters. The average molecular weight is 382 g/mol. The van der Waals surface area contributed by atoms with E-state index >= 15 is 0 Å². The summed E-state index contributed by atoms with van der Waals surface area (Å²) in [5, 5.41) is 11.4. The van der Waals surface area contributed by atoms with Crippen molar-refractivity contribution in [1.29, 1.82) is 0 Å². The van der Waals surface area contributed by atoms with E-state index < -0.39 is 0 Å². The molecule has 142 valence electrons. The van der Waals surface area contributed by atoms with E-state index in [1.165, 1.54) is 5.56 Å². The highest BCUT2D eigenvalue weighted by Crippen LogP contribution is 2.29. The summed E-state index contributed by atoms with van der Waals surface area (Å²) < 4.78 is 6.02. The van der Waals surface area contributed by atoms with Gasteiger partial charge in [-0.25, -0.2) is 4.98 Å². The van der Waals surface area contributed by atoms with E-state index in [1.807, 2.05) is 73.8 Å². The topological polar surface area (TPSA) is 91.5 Å². The Balaban J connectivity index is 1.33. The molecule has 0 aliphatic heterocycles. The molecule has 0 saturated carbocycles. The SMILES string of the molecule is Cc1cccc(Nc2n[nH]c(-c3ccc(Oc4ccnc5[nH]ccc45)cc3)n2)c1. The smallest absolute Gasteiger partial charge is 0.246 e. The van der Waals surface area contributed by atoms with Gasteiger partial charge < -0.3 is 15.0 Å². The Bertz CT molecular complexity index is 1270. The number of nitrogens with zero attached hydrogens (tertiary/aromatic N) is 3. The second-order valence-electron chi connectivity index (χ2n) is 6.68. The van der Waals surface area contributed by atoms with E-state index in [4.69, 9.17) is 4.74 Å². The molecule has 7 nitrogen and oxygen atoms in total. The molecule has 3 aromatic heterocycles. The summed E-state index contributed by atoms with van der Waals surface area (Å²) in [6, 6.07) is 19.6. The molecule has 0 bridgehead atoms. The minimum atomic E-state index is 0.526. The van der Waals surface area contributed by atoms with E-state index in [2.05, 4.69) is 30.5 Å². The number of hydrogen-bond donors (Lipinski definition) is 3. The summed E-state index contributed by atoms with van der Waals surface area (Å²) in [7, 11) is 0. The maximum atomic E-state index is 6.02. The number of anilines is 2. The zero-order valence-electron chi connectivity index (χ0n) is 15.7. The minimum absolute atomic E-state index is 0.526. The molecule has 0 radical (unpaired) electrons. The number of aryl methyl sites for hydroxylation is 1. The van der Waals surface area contributed by atoms with Crippen molar-refractivity contribution in [3.8, 4) is 22.9 Å². The second kappa shape index (κ2) is 7.12. The molecule has 0 unspecified atom stereocenters. The zero-order chi connectivity index (χ0) is 19.6. The zero-order valence-corrected chi connectivity index (χ0v) is 15.7. The molecule has 5 rings (SSSR count). The maximum absolute atomic E-state index is 6.02. The molecule has 0 aliphatic carbocycles. The summed E-state index contributed by atoms with van der Waals surface area (Å²) in [6.45, 7) is 2.05. The van der Waals surface area contributed by atoms with Gasteiger partial charge in [-0.05, 0) is 61.0 Å². The Kier molecular flexibility index (Phi) is 4.18. The lowest BCUT2D eigenvalue weighted by atomic mass is 10.2. The highest BCUT2D eigenvalue weighted by molar-refractivity contribution is 5.82. The Morgan fingerprint density at radius 3 is 2.76 bits per heavy atom. The number of hydrogen-bond acceptors (Lipinski definition) is 5. The lowest BCUT2D eigenvalue weighted by Gasteiger charge is -2.07. The van der Waals surface area contributed by atoms with Gasteiger partial charge in [0.15, 0.2) is 5.82 Å². The van der Waals surface area contributed by atoms with Crippen LogP contribution >= 0.6 is 0 Å². The van der Waals surface area contributed by atoms with Crippen molar-refractivity contribution in [2.24, 2.45) is 0 Å². The number of benzene rings is 2. The van der Waals surface area contributed by atoms with Crippen LogP contribution in [0, 0.1) is 6.92 Å². The normalized spacial score (nSPS) is 10.9. The fourth-order valence-corrected chi connectivity index (χ4v) is 3.13. The third-order valence-electron chi connectivity index (χ3n) is 4.54. The number of nitrogens with one attached hydrogen (secondary N) is 3. The molecule has 0 fully saturated rings. The molecular formula is C22H18N6O. The molecule has 0 aliphatic rings. The lowest BCUT2D eigenvalue weighted by Crippen LogP contribution is -1.92. The number of rotatable bonds is 5. The van der Waals surface area contributed by atoms with Gasteiger partial charge in [0.1, 0.15) is 17.1 Å². The monoisotopic (exact) mass is 382 g/mol. The number of aromatic amines is 2. The molecule has 5 aromatic rings. The first-order valence-corrected chi connectivity index (χ1v) is 9.21. The molecule has 3 heterocycles. The number of fused-ring (bicyclic) bond motifs is 1. The Labute approximate surface area is 166 Å². The quantitative estimate of drug-likeness (QED) is 0.389. The number of ether oxygens (including phenoxy) is 1. The van der Waals surface area contributed by atoms with E-state index in [1.54, 1.807) is 6.20 Å². The third kappa shape index (κ3) is 3.53. The first-order chi connectivity index (χ1) is 14.2. The van der Waals surface area contributed by atoms with Gasteiger partial charge in [-0.15, -0.1) is 5.10 Å². The summed E-state index contributed by atoms with van der Waals surface area (Å²) in [5.41, 5.74) is 3.85. The highest BCUT2D eigenvalue weighted by atomic mass is 16.5. The fraction of sp³-hybridized carbons (Fsp3) is 0.0455. The van der Waals surface area contributed by atoms with Crippen LogP contribution in [0.4, 0.5) is 11.6 Å². The van der Waals surface area contributed by atoms with Crippen LogP contribution in [0.5, 0.6) is 11.5 Å². The molecule has 0 saturated heterocycles. The minimum Gasteiger partial charge on any atom is -0.457 e. The highest BCUT2D eigenvalue weighted by Gasteiger charge is 2.08. The summed E-state index contributed by atoms with van der Waals surface area (Å²) in [5.74, 6) is 2.70. The molecule has 29 heavy (non-hydrogen) atoms. The van der Waals surface area contributed by atoms with Crippen molar-refractivity contribution in [1.82, 2.24) is 25.1 Å².